The van der Waals surface area contributed by atoms with Crippen molar-refractivity contribution in [3.05, 3.63) is 42.0 Å². The van der Waals surface area contributed by atoms with Gasteiger partial charge in [0.1, 0.15) is 0 Å². The number of para-hydroxylation sites is 1. The van der Waals surface area contributed by atoms with Gasteiger partial charge in [0, 0.05) is 24.6 Å². The van der Waals surface area contributed by atoms with Gasteiger partial charge in [-0.15, -0.1) is 0 Å². The number of carbonyl (C=O) groups excluding carboxylic acids is 2. The highest BCUT2D eigenvalue weighted by Gasteiger charge is 2.10. The Balaban J connectivity index is 2.87. The quantitative estimate of drug-likeness (QED) is 0.638. The highest BCUT2D eigenvalue weighted by Crippen LogP contribution is 2.18. The van der Waals surface area contributed by atoms with Crippen molar-refractivity contribution in [2.45, 2.75) is 13.3 Å². The Morgan fingerprint density at radius 3 is 2.59 bits per heavy atom. The van der Waals surface area contributed by atoms with E-state index in [1.165, 1.54) is 14.0 Å². The molecule has 0 atom stereocenters. The van der Waals surface area contributed by atoms with Crippen molar-refractivity contribution in [3.8, 4) is 0 Å². The van der Waals surface area contributed by atoms with Gasteiger partial charge in [0.05, 0.1) is 7.11 Å². The lowest BCUT2D eigenvalue weighted by molar-refractivity contribution is -0.136. The first-order valence-electron chi connectivity index (χ1n) is 5.16. The molecule has 0 saturated heterocycles. The Morgan fingerprint density at radius 1 is 1.35 bits per heavy atom. The van der Waals surface area contributed by atoms with Crippen molar-refractivity contribution >= 4 is 17.6 Å². The van der Waals surface area contributed by atoms with Crippen molar-refractivity contribution in [3.63, 3.8) is 0 Å². The maximum absolute atomic E-state index is 11.2. The molecule has 1 rings (SSSR count). The molecule has 4 nitrogen and oxygen atoms in total. The zero-order chi connectivity index (χ0) is 12.8. The molecule has 0 aliphatic heterocycles. The van der Waals surface area contributed by atoms with Gasteiger partial charge in [0.15, 0.2) is 0 Å². The first-order chi connectivity index (χ1) is 8.04. The van der Waals surface area contributed by atoms with Crippen LogP contribution in [-0.4, -0.2) is 19.0 Å². The third-order valence-corrected chi connectivity index (χ3v) is 2.21. The maximum atomic E-state index is 11.2. The highest BCUT2D eigenvalue weighted by molar-refractivity contribution is 5.91. The number of hydrogen-bond donors (Lipinski definition) is 1. The number of esters is 1. The number of carbonyl (C=O) groups is 2. The van der Waals surface area contributed by atoms with Gasteiger partial charge in [-0.1, -0.05) is 24.8 Å². The fourth-order valence-corrected chi connectivity index (χ4v) is 1.43. The van der Waals surface area contributed by atoms with E-state index in [-0.39, 0.29) is 5.91 Å². The molecule has 0 aromatic heterocycles. The van der Waals surface area contributed by atoms with E-state index in [9.17, 15) is 9.59 Å². The van der Waals surface area contributed by atoms with Crippen molar-refractivity contribution in [2.24, 2.45) is 0 Å². The van der Waals surface area contributed by atoms with E-state index in [1.807, 2.05) is 18.2 Å². The molecule has 4 heteroatoms. The molecule has 0 heterocycles. The molecule has 0 fully saturated rings. The van der Waals surface area contributed by atoms with Gasteiger partial charge in [-0.05, 0) is 11.6 Å². The van der Waals surface area contributed by atoms with Crippen LogP contribution in [0.3, 0.4) is 0 Å². The fourth-order valence-electron chi connectivity index (χ4n) is 1.43. The molecule has 1 N–H and O–H groups in total. The van der Waals surface area contributed by atoms with E-state index in [0.29, 0.717) is 17.7 Å². The Morgan fingerprint density at radius 2 is 2.00 bits per heavy atom. The summed E-state index contributed by atoms with van der Waals surface area (Å²) >= 11 is 0. The number of nitrogens with one attached hydrogen (secondary N) is 1. The topological polar surface area (TPSA) is 55.4 Å². The molecule has 0 radical (unpaired) electrons. The van der Waals surface area contributed by atoms with Gasteiger partial charge in [-0.25, -0.2) is 4.79 Å². The van der Waals surface area contributed by atoms with E-state index in [2.05, 4.69) is 16.6 Å². The van der Waals surface area contributed by atoms with Gasteiger partial charge in [0.2, 0.25) is 5.91 Å². The van der Waals surface area contributed by atoms with E-state index in [1.54, 1.807) is 6.07 Å². The second-order valence-corrected chi connectivity index (χ2v) is 3.61. The van der Waals surface area contributed by atoms with Crippen LogP contribution < -0.4 is 5.32 Å². The summed E-state index contributed by atoms with van der Waals surface area (Å²) in [5.74, 6) is -0.594. The van der Waals surface area contributed by atoms with Crippen LogP contribution in [0.5, 0.6) is 0 Å². The van der Waals surface area contributed by atoms with E-state index in [0.717, 1.165) is 5.56 Å². The highest BCUT2D eigenvalue weighted by atomic mass is 16.5. The standard InChI is InChI=1S/C13H15NO3/c1-9(13(16)17-3)8-11-6-4-5-7-12(11)14-10(2)15/h4-7H,1,8H2,2-3H3,(H,14,15). The number of methoxy groups -OCH3 is 1. The zero-order valence-corrected chi connectivity index (χ0v) is 9.95. The molecule has 0 aliphatic carbocycles. The third-order valence-electron chi connectivity index (χ3n) is 2.21. The number of hydrogen-bond acceptors (Lipinski definition) is 3. The lowest BCUT2D eigenvalue weighted by Gasteiger charge is -2.10. The summed E-state index contributed by atoms with van der Waals surface area (Å²) in [6, 6.07) is 7.27. The van der Waals surface area contributed by atoms with Crippen LogP contribution in [0.25, 0.3) is 0 Å². The number of ether oxygens (including phenoxy) is 1. The van der Waals surface area contributed by atoms with E-state index >= 15 is 0 Å². The monoisotopic (exact) mass is 233 g/mol. The van der Waals surface area contributed by atoms with Crippen LogP contribution in [0.1, 0.15) is 12.5 Å². The number of rotatable bonds is 4. The number of amides is 1. The van der Waals surface area contributed by atoms with Gasteiger partial charge in [0.25, 0.3) is 0 Å². The summed E-state index contributed by atoms with van der Waals surface area (Å²) in [6.45, 7) is 5.09. The van der Waals surface area contributed by atoms with Crippen LogP contribution in [0.2, 0.25) is 0 Å². The van der Waals surface area contributed by atoms with Crippen LogP contribution in [0.4, 0.5) is 5.69 Å². The molecule has 1 aromatic carbocycles. The second kappa shape index (κ2) is 5.84. The molecule has 0 bridgehead atoms. The molecule has 0 spiro atoms. The maximum Gasteiger partial charge on any atom is 0.333 e. The number of benzene rings is 1. The average Bonchev–Trinajstić information content (AvgIpc) is 2.29. The zero-order valence-electron chi connectivity index (χ0n) is 9.95. The van der Waals surface area contributed by atoms with Crippen LogP contribution in [-0.2, 0) is 20.7 Å². The summed E-state index contributed by atoms with van der Waals surface area (Å²) in [5.41, 5.74) is 1.87. The molecular formula is C13H15NO3. The fraction of sp³-hybridized carbons (Fsp3) is 0.231. The molecule has 1 aromatic rings. The Labute approximate surface area is 100 Å². The molecular weight excluding hydrogens is 218 g/mol. The summed E-state index contributed by atoms with van der Waals surface area (Å²) in [7, 11) is 1.31. The minimum Gasteiger partial charge on any atom is -0.466 e. The predicted octanol–water partition coefficient (Wildman–Crippen LogP) is 1.92. The number of anilines is 1. The van der Waals surface area contributed by atoms with Gasteiger partial charge >= 0.3 is 5.97 Å². The van der Waals surface area contributed by atoms with Crippen molar-refractivity contribution in [2.75, 3.05) is 12.4 Å². The third kappa shape index (κ3) is 3.75. The molecule has 0 unspecified atom stereocenters. The molecule has 90 valence electrons. The normalized spacial score (nSPS) is 9.53. The Bertz CT molecular complexity index is 452. The van der Waals surface area contributed by atoms with Gasteiger partial charge < -0.3 is 10.1 Å². The van der Waals surface area contributed by atoms with Crippen molar-refractivity contribution in [1.82, 2.24) is 0 Å². The smallest absolute Gasteiger partial charge is 0.333 e. The first kappa shape index (κ1) is 13.0. The molecule has 0 saturated carbocycles. The largest absolute Gasteiger partial charge is 0.466 e. The SMILES string of the molecule is C=C(Cc1ccccc1NC(C)=O)C(=O)OC. The summed E-state index contributed by atoms with van der Waals surface area (Å²) in [5, 5.41) is 2.70. The van der Waals surface area contributed by atoms with Crippen LogP contribution in [0, 0.1) is 0 Å². The van der Waals surface area contributed by atoms with Crippen LogP contribution in [0.15, 0.2) is 36.4 Å². The van der Waals surface area contributed by atoms with E-state index < -0.39 is 5.97 Å². The second-order valence-electron chi connectivity index (χ2n) is 3.61. The van der Waals surface area contributed by atoms with Crippen LogP contribution >= 0.6 is 0 Å². The summed E-state index contributed by atoms with van der Waals surface area (Å²) in [6.07, 6.45) is 0.350. The molecule has 1 amide bonds. The van der Waals surface area contributed by atoms with Gasteiger partial charge in [-0.2, -0.15) is 0 Å². The summed E-state index contributed by atoms with van der Waals surface area (Å²) < 4.78 is 4.58. The molecule has 0 aliphatic rings. The minimum absolute atomic E-state index is 0.152. The summed E-state index contributed by atoms with van der Waals surface area (Å²) in [4.78, 5) is 22.3. The lowest BCUT2D eigenvalue weighted by atomic mass is 10.0. The predicted molar refractivity (Wildman–Crippen MR) is 65.6 cm³/mol. The van der Waals surface area contributed by atoms with Gasteiger partial charge in [-0.3, -0.25) is 4.79 Å². The minimum atomic E-state index is -0.442. The van der Waals surface area contributed by atoms with E-state index in [4.69, 9.17) is 0 Å². The Hall–Kier alpha value is -2.10. The molecule has 17 heavy (non-hydrogen) atoms. The lowest BCUT2D eigenvalue weighted by Crippen LogP contribution is -2.10. The average molecular weight is 233 g/mol. The van der Waals surface area contributed by atoms with Crippen molar-refractivity contribution < 1.29 is 14.3 Å². The Kier molecular flexibility index (Phi) is 4.46. The van der Waals surface area contributed by atoms with Crippen molar-refractivity contribution in [1.29, 1.82) is 0 Å². The first-order valence-corrected chi connectivity index (χ1v) is 5.16.